The van der Waals surface area contributed by atoms with Crippen LogP contribution in [0.15, 0.2) is 36.7 Å². The number of nitrogens with zero attached hydrogens (tertiary/aromatic N) is 2. The third kappa shape index (κ3) is 4.27. The number of hydrogen-bond acceptors (Lipinski definition) is 4. The Morgan fingerprint density at radius 1 is 1.36 bits per heavy atom. The minimum Gasteiger partial charge on any atom is -0.350 e. The van der Waals surface area contributed by atoms with Crippen LogP contribution in [0.25, 0.3) is 11.3 Å². The highest BCUT2D eigenvalue weighted by atomic mass is 32.2. The first-order chi connectivity index (χ1) is 12.1. The Morgan fingerprint density at radius 3 is 2.96 bits per heavy atom. The summed E-state index contributed by atoms with van der Waals surface area (Å²) in [5.74, 6) is 0.941. The number of carbonyl (C=O) groups excluding carboxylic acids is 1. The lowest BCUT2D eigenvalue weighted by Gasteiger charge is -2.03. The summed E-state index contributed by atoms with van der Waals surface area (Å²) in [6.07, 6.45) is 1.68. The molecule has 25 heavy (non-hydrogen) atoms. The maximum absolute atomic E-state index is 13.8. The Bertz CT molecular complexity index is 860. The summed E-state index contributed by atoms with van der Waals surface area (Å²) in [5, 5.41) is 9.49. The summed E-state index contributed by atoms with van der Waals surface area (Å²) in [4.78, 5) is 19.4. The number of aryl methyl sites for hydroxylation is 1. The van der Waals surface area contributed by atoms with Crippen LogP contribution in [0.3, 0.4) is 0 Å². The molecule has 0 unspecified atom stereocenters. The van der Waals surface area contributed by atoms with Crippen LogP contribution in [0, 0.1) is 12.7 Å². The second-order valence-corrected chi connectivity index (χ2v) is 6.53. The molecule has 1 amide bonds. The summed E-state index contributed by atoms with van der Waals surface area (Å²) in [6.45, 7) is 2.51. The summed E-state index contributed by atoms with van der Waals surface area (Å²) >= 11 is 1.69. The molecule has 1 aromatic carbocycles. The van der Waals surface area contributed by atoms with Crippen molar-refractivity contribution in [1.29, 1.82) is 0 Å². The van der Waals surface area contributed by atoms with Crippen molar-refractivity contribution in [2.24, 2.45) is 0 Å². The molecule has 0 saturated heterocycles. The molecule has 3 aromatic rings. The Balaban J connectivity index is 1.47. The normalized spacial score (nSPS) is 10.8. The Morgan fingerprint density at radius 2 is 2.20 bits per heavy atom. The minimum atomic E-state index is -0.369. The van der Waals surface area contributed by atoms with Gasteiger partial charge in [-0.05, 0) is 25.1 Å². The van der Waals surface area contributed by atoms with Gasteiger partial charge in [-0.15, -0.1) is 0 Å². The highest BCUT2D eigenvalue weighted by Gasteiger charge is 2.12. The van der Waals surface area contributed by atoms with Gasteiger partial charge in [-0.3, -0.25) is 9.89 Å². The van der Waals surface area contributed by atoms with Crippen LogP contribution < -0.4 is 5.32 Å². The van der Waals surface area contributed by atoms with E-state index < -0.39 is 0 Å². The van der Waals surface area contributed by atoms with Gasteiger partial charge in [0.2, 0.25) is 0 Å². The first kappa shape index (κ1) is 17.2. The Kier molecular flexibility index (Phi) is 5.49. The molecule has 8 heteroatoms. The van der Waals surface area contributed by atoms with E-state index in [0.29, 0.717) is 23.5 Å². The fourth-order valence-electron chi connectivity index (χ4n) is 2.28. The molecule has 0 aliphatic carbocycles. The lowest BCUT2D eigenvalue weighted by atomic mass is 10.1. The highest BCUT2D eigenvalue weighted by Crippen LogP contribution is 2.20. The van der Waals surface area contributed by atoms with E-state index in [4.69, 9.17) is 0 Å². The summed E-state index contributed by atoms with van der Waals surface area (Å²) in [5.41, 5.74) is 3.18. The van der Waals surface area contributed by atoms with E-state index in [0.717, 1.165) is 22.9 Å². The molecule has 3 N–H and O–H groups in total. The zero-order chi connectivity index (χ0) is 17.6. The zero-order valence-corrected chi connectivity index (χ0v) is 14.5. The molecule has 130 valence electrons. The number of amides is 1. The van der Waals surface area contributed by atoms with E-state index in [1.165, 1.54) is 6.07 Å². The van der Waals surface area contributed by atoms with Gasteiger partial charge in [0.1, 0.15) is 11.5 Å². The van der Waals surface area contributed by atoms with E-state index >= 15 is 0 Å². The van der Waals surface area contributed by atoms with Gasteiger partial charge in [0.15, 0.2) is 0 Å². The summed E-state index contributed by atoms with van der Waals surface area (Å²) in [7, 11) is 0. The maximum atomic E-state index is 13.8. The number of hydrogen-bond donors (Lipinski definition) is 3. The van der Waals surface area contributed by atoms with E-state index in [9.17, 15) is 9.18 Å². The van der Waals surface area contributed by atoms with E-state index in [1.807, 2.05) is 6.92 Å². The van der Waals surface area contributed by atoms with Crippen molar-refractivity contribution in [2.45, 2.75) is 12.7 Å². The number of nitrogens with one attached hydrogen (secondary N) is 3. The van der Waals surface area contributed by atoms with Gasteiger partial charge >= 0.3 is 0 Å². The quantitative estimate of drug-likeness (QED) is 0.566. The van der Waals surface area contributed by atoms with E-state index in [2.05, 4.69) is 25.5 Å². The number of rotatable bonds is 7. The SMILES string of the molecule is Cc1[nH]cnc1CSCCNC(=O)c1cc(-c2ccccc2F)n[nH]1. The predicted octanol–water partition coefficient (Wildman–Crippen LogP) is 2.91. The van der Waals surface area contributed by atoms with Crippen LogP contribution >= 0.6 is 11.8 Å². The fraction of sp³-hybridized carbons (Fsp3) is 0.235. The molecule has 0 atom stereocenters. The molecule has 2 aromatic heterocycles. The molecule has 0 saturated carbocycles. The smallest absolute Gasteiger partial charge is 0.269 e. The number of halogens is 1. The third-order valence-corrected chi connectivity index (χ3v) is 4.65. The van der Waals surface area contributed by atoms with E-state index in [1.54, 1.807) is 42.4 Å². The average molecular weight is 359 g/mol. The van der Waals surface area contributed by atoms with Gasteiger partial charge in [-0.1, -0.05) is 12.1 Å². The monoisotopic (exact) mass is 359 g/mol. The molecule has 6 nitrogen and oxygen atoms in total. The lowest BCUT2D eigenvalue weighted by Crippen LogP contribution is -2.26. The first-order valence-electron chi connectivity index (χ1n) is 7.80. The van der Waals surface area contributed by atoms with Crippen molar-refractivity contribution in [3.8, 4) is 11.3 Å². The largest absolute Gasteiger partial charge is 0.350 e. The van der Waals surface area contributed by atoms with Crippen LogP contribution in [-0.4, -0.2) is 38.4 Å². The van der Waals surface area contributed by atoms with Gasteiger partial charge in [0.25, 0.3) is 5.91 Å². The molecule has 0 aliphatic rings. The van der Waals surface area contributed by atoms with Crippen molar-refractivity contribution in [3.05, 3.63) is 59.6 Å². The molecule has 3 rings (SSSR count). The van der Waals surface area contributed by atoms with Crippen LogP contribution in [-0.2, 0) is 5.75 Å². The number of aromatic nitrogens is 4. The second-order valence-electron chi connectivity index (χ2n) is 5.43. The van der Waals surface area contributed by atoms with Crippen LogP contribution in [0.5, 0.6) is 0 Å². The van der Waals surface area contributed by atoms with Crippen molar-refractivity contribution >= 4 is 17.7 Å². The standard InChI is InChI=1S/C17H18FN5OS/c1-11-16(21-10-20-11)9-25-7-6-19-17(24)15-8-14(22-23-15)12-4-2-3-5-13(12)18/h2-5,8,10H,6-7,9H2,1H3,(H,19,24)(H,20,21)(H,22,23). The number of thioether (sulfide) groups is 1. The number of carbonyl (C=O) groups is 1. The Hall–Kier alpha value is -2.61. The Labute approximate surface area is 148 Å². The van der Waals surface area contributed by atoms with Gasteiger partial charge in [0.05, 0.1) is 17.7 Å². The zero-order valence-electron chi connectivity index (χ0n) is 13.7. The minimum absolute atomic E-state index is 0.258. The molecular weight excluding hydrogens is 341 g/mol. The summed E-state index contributed by atoms with van der Waals surface area (Å²) in [6, 6.07) is 7.88. The van der Waals surface area contributed by atoms with Crippen molar-refractivity contribution in [3.63, 3.8) is 0 Å². The highest BCUT2D eigenvalue weighted by molar-refractivity contribution is 7.98. The van der Waals surface area contributed by atoms with E-state index in [-0.39, 0.29) is 11.7 Å². The van der Waals surface area contributed by atoms with Gasteiger partial charge in [-0.2, -0.15) is 16.9 Å². The van der Waals surface area contributed by atoms with Gasteiger partial charge in [-0.25, -0.2) is 9.37 Å². The molecule has 0 bridgehead atoms. The molecule has 0 fully saturated rings. The molecular formula is C17H18FN5OS. The first-order valence-corrected chi connectivity index (χ1v) is 8.95. The van der Waals surface area contributed by atoms with Crippen molar-refractivity contribution in [1.82, 2.24) is 25.5 Å². The number of benzene rings is 1. The lowest BCUT2D eigenvalue weighted by molar-refractivity contribution is 0.0951. The van der Waals surface area contributed by atoms with Crippen LogP contribution in [0.2, 0.25) is 0 Å². The molecule has 0 spiro atoms. The molecule has 2 heterocycles. The predicted molar refractivity (Wildman–Crippen MR) is 95.8 cm³/mol. The number of aromatic amines is 2. The average Bonchev–Trinajstić information content (AvgIpc) is 3.24. The molecule has 0 radical (unpaired) electrons. The van der Waals surface area contributed by atoms with Crippen LogP contribution in [0.1, 0.15) is 21.9 Å². The fourth-order valence-corrected chi connectivity index (χ4v) is 3.15. The second kappa shape index (κ2) is 7.98. The maximum Gasteiger partial charge on any atom is 0.269 e. The topological polar surface area (TPSA) is 86.5 Å². The van der Waals surface area contributed by atoms with Gasteiger partial charge in [0, 0.05) is 29.3 Å². The third-order valence-electron chi connectivity index (χ3n) is 3.68. The van der Waals surface area contributed by atoms with Crippen molar-refractivity contribution in [2.75, 3.05) is 12.3 Å². The molecule has 0 aliphatic heterocycles. The van der Waals surface area contributed by atoms with Crippen LogP contribution in [0.4, 0.5) is 4.39 Å². The number of imidazole rings is 1. The van der Waals surface area contributed by atoms with Gasteiger partial charge < -0.3 is 10.3 Å². The van der Waals surface area contributed by atoms with Crippen molar-refractivity contribution < 1.29 is 9.18 Å². The number of H-pyrrole nitrogens is 2. The summed E-state index contributed by atoms with van der Waals surface area (Å²) < 4.78 is 13.8.